The van der Waals surface area contributed by atoms with Gasteiger partial charge >= 0.3 is 0 Å². The minimum atomic E-state index is 0.441. The second kappa shape index (κ2) is 4.99. The van der Waals surface area contributed by atoms with E-state index >= 15 is 0 Å². The van der Waals surface area contributed by atoms with Crippen LogP contribution in [0.4, 0.5) is 0 Å². The van der Waals surface area contributed by atoms with Gasteiger partial charge in [0.05, 0.1) is 16.4 Å². The SMILES string of the molecule is CCc1nn(CC)c(CC2(CNC)CC2)c1Cl. The van der Waals surface area contributed by atoms with Crippen LogP contribution in [0.5, 0.6) is 0 Å². The maximum atomic E-state index is 6.44. The van der Waals surface area contributed by atoms with E-state index in [0.29, 0.717) is 5.41 Å². The molecule has 1 aliphatic carbocycles. The standard InChI is InChI=1S/C13H22ClN3/c1-4-10-12(14)11(17(5-2)16-10)8-13(6-7-13)9-15-3/h15H,4-9H2,1-3H3. The van der Waals surface area contributed by atoms with Crippen molar-refractivity contribution in [1.82, 2.24) is 15.1 Å². The molecule has 0 aromatic carbocycles. The van der Waals surface area contributed by atoms with E-state index in [1.807, 2.05) is 7.05 Å². The van der Waals surface area contributed by atoms with E-state index in [4.69, 9.17) is 11.6 Å². The highest BCUT2D eigenvalue weighted by Gasteiger charge is 2.43. The van der Waals surface area contributed by atoms with Crippen LogP contribution >= 0.6 is 11.6 Å². The van der Waals surface area contributed by atoms with Gasteiger partial charge in [0.25, 0.3) is 0 Å². The summed E-state index contributed by atoms with van der Waals surface area (Å²) in [6.07, 6.45) is 4.59. The lowest BCUT2D eigenvalue weighted by Crippen LogP contribution is -2.23. The van der Waals surface area contributed by atoms with Gasteiger partial charge in [0, 0.05) is 13.1 Å². The first-order valence-corrected chi connectivity index (χ1v) is 6.92. The van der Waals surface area contributed by atoms with Gasteiger partial charge in [0.1, 0.15) is 0 Å². The molecule has 1 aliphatic rings. The topological polar surface area (TPSA) is 29.9 Å². The summed E-state index contributed by atoms with van der Waals surface area (Å²) in [5, 5.41) is 8.78. The molecule has 1 N–H and O–H groups in total. The Hall–Kier alpha value is -0.540. The number of halogens is 1. The van der Waals surface area contributed by atoms with E-state index in [0.717, 1.165) is 36.6 Å². The minimum absolute atomic E-state index is 0.441. The van der Waals surface area contributed by atoms with Crippen molar-refractivity contribution in [3.63, 3.8) is 0 Å². The predicted octanol–water partition coefficient (Wildman–Crippen LogP) is 2.66. The molecule has 96 valence electrons. The third kappa shape index (κ3) is 2.50. The van der Waals surface area contributed by atoms with Gasteiger partial charge in [-0.25, -0.2) is 0 Å². The van der Waals surface area contributed by atoms with Crippen LogP contribution in [0.15, 0.2) is 0 Å². The summed E-state index contributed by atoms with van der Waals surface area (Å²) in [4.78, 5) is 0. The maximum absolute atomic E-state index is 6.44. The van der Waals surface area contributed by atoms with Crippen LogP contribution in [0.1, 0.15) is 38.1 Å². The number of aromatic nitrogens is 2. The Bertz CT molecular complexity index is 394. The fourth-order valence-corrected chi connectivity index (χ4v) is 2.85. The smallest absolute Gasteiger partial charge is 0.0850 e. The summed E-state index contributed by atoms with van der Waals surface area (Å²) in [6.45, 7) is 6.23. The zero-order valence-corrected chi connectivity index (χ0v) is 11.8. The molecule has 1 fully saturated rings. The second-order valence-corrected chi connectivity index (χ2v) is 5.46. The van der Waals surface area contributed by atoms with Crippen molar-refractivity contribution in [3.05, 3.63) is 16.4 Å². The van der Waals surface area contributed by atoms with Gasteiger partial charge in [0.15, 0.2) is 0 Å². The summed E-state index contributed by atoms with van der Waals surface area (Å²) < 4.78 is 2.08. The van der Waals surface area contributed by atoms with E-state index in [1.165, 1.54) is 18.5 Å². The Balaban J connectivity index is 2.22. The largest absolute Gasteiger partial charge is 0.319 e. The molecule has 17 heavy (non-hydrogen) atoms. The van der Waals surface area contributed by atoms with Crippen molar-refractivity contribution in [2.45, 2.75) is 46.1 Å². The Morgan fingerprint density at radius 3 is 2.59 bits per heavy atom. The molecule has 4 heteroatoms. The quantitative estimate of drug-likeness (QED) is 0.847. The van der Waals surface area contributed by atoms with Gasteiger partial charge in [0.2, 0.25) is 0 Å². The second-order valence-electron chi connectivity index (χ2n) is 5.08. The summed E-state index contributed by atoms with van der Waals surface area (Å²) in [5.41, 5.74) is 2.72. The van der Waals surface area contributed by atoms with E-state index in [-0.39, 0.29) is 0 Å². The van der Waals surface area contributed by atoms with Crippen molar-refractivity contribution in [3.8, 4) is 0 Å². The van der Waals surface area contributed by atoms with Gasteiger partial charge in [-0.2, -0.15) is 5.10 Å². The molecule has 1 heterocycles. The van der Waals surface area contributed by atoms with E-state index in [2.05, 4.69) is 28.9 Å². The first-order valence-electron chi connectivity index (χ1n) is 6.54. The number of hydrogen-bond acceptors (Lipinski definition) is 2. The van der Waals surface area contributed by atoms with Crippen LogP contribution in [-0.4, -0.2) is 23.4 Å². The van der Waals surface area contributed by atoms with Crippen LogP contribution in [0.25, 0.3) is 0 Å². The first kappa shape index (κ1) is 12.9. The molecule has 0 amide bonds. The molecule has 1 aromatic rings. The van der Waals surface area contributed by atoms with E-state index in [1.54, 1.807) is 0 Å². The zero-order valence-electron chi connectivity index (χ0n) is 11.0. The van der Waals surface area contributed by atoms with Crippen LogP contribution in [0.2, 0.25) is 5.02 Å². The first-order chi connectivity index (χ1) is 8.15. The third-order valence-corrected chi connectivity index (χ3v) is 4.18. The van der Waals surface area contributed by atoms with Crippen molar-refractivity contribution in [2.24, 2.45) is 5.41 Å². The molecule has 0 unspecified atom stereocenters. The molecule has 1 saturated carbocycles. The summed E-state index contributed by atoms with van der Waals surface area (Å²) in [5.74, 6) is 0. The molecule has 0 spiro atoms. The molecule has 0 radical (unpaired) electrons. The molecular weight excluding hydrogens is 234 g/mol. The van der Waals surface area contributed by atoms with Crippen molar-refractivity contribution < 1.29 is 0 Å². The molecule has 1 aromatic heterocycles. The van der Waals surface area contributed by atoms with Gasteiger partial charge in [-0.3, -0.25) is 4.68 Å². The van der Waals surface area contributed by atoms with E-state index in [9.17, 15) is 0 Å². The summed E-state index contributed by atoms with van der Waals surface area (Å²) >= 11 is 6.44. The van der Waals surface area contributed by atoms with Gasteiger partial charge in [-0.1, -0.05) is 18.5 Å². The molecule has 0 saturated heterocycles. The highest BCUT2D eigenvalue weighted by Crippen LogP contribution is 2.48. The molecule has 0 atom stereocenters. The average Bonchev–Trinajstić information content (AvgIpc) is 3.01. The van der Waals surface area contributed by atoms with Crippen molar-refractivity contribution >= 4 is 11.6 Å². The summed E-state index contributed by atoms with van der Waals surface area (Å²) in [7, 11) is 2.02. The molecular formula is C13H22ClN3. The maximum Gasteiger partial charge on any atom is 0.0850 e. The van der Waals surface area contributed by atoms with Crippen LogP contribution in [-0.2, 0) is 19.4 Å². The van der Waals surface area contributed by atoms with Gasteiger partial charge < -0.3 is 5.32 Å². The third-order valence-electron chi connectivity index (χ3n) is 3.75. The number of nitrogens with one attached hydrogen (secondary N) is 1. The highest BCUT2D eigenvalue weighted by atomic mass is 35.5. The number of rotatable bonds is 6. The van der Waals surface area contributed by atoms with Gasteiger partial charge in [-0.15, -0.1) is 0 Å². The monoisotopic (exact) mass is 255 g/mol. The molecule has 0 bridgehead atoms. The Labute approximate surface area is 109 Å². The average molecular weight is 256 g/mol. The highest BCUT2D eigenvalue weighted by molar-refractivity contribution is 6.31. The van der Waals surface area contributed by atoms with Crippen molar-refractivity contribution in [2.75, 3.05) is 13.6 Å². The Morgan fingerprint density at radius 2 is 2.12 bits per heavy atom. The van der Waals surface area contributed by atoms with E-state index < -0.39 is 0 Å². The zero-order chi connectivity index (χ0) is 12.5. The van der Waals surface area contributed by atoms with Crippen LogP contribution in [0.3, 0.4) is 0 Å². The number of aryl methyl sites for hydroxylation is 2. The summed E-state index contributed by atoms with van der Waals surface area (Å²) in [6, 6.07) is 0. The fourth-order valence-electron chi connectivity index (χ4n) is 2.51. The fraction of sp³-hybridized carbons (Fsp3) is 0.769. The predicted molar refractivity (Wildman–Crippen MR) is 71.6 cm³/mol. The number of hydrogen-bond donors (Lipinski definition) is 1. The molecule has 0 aliphatic heterocycles. The Morgan fingerprint density at radius 1 is 1.41 bits per heavy atom. The van der Waals surface area contributed by atoms with Gasteiger partial charge in [-0.05, 0) is 45.1 Å². The normalized spacial score (nSPS) is 17.4. The molecule has 3 nitrogen and oxygen atoms in total. The number of nitrogens with zero attached hydrogens (tertiary/aromatic N) is 2. The van der Waals surface area contributed by atoms with Crippen molar-refractivity contribution in [1.29, 1.82) is 0 Å². The minimum Gasteiger partial charge on any atom is -0.319 e. The lowest BCUT2D eigenvalue weighted by Gasteiger charge is -2.15. The van der Waals surface area contributed by atoms with Crippen LogP contribution < -0.4 is 5.32 Å². The lowest BCUT2D eigenvalue weighted by molar-refractivity contribution is 0.455. The Kier molecular flexibility index (Phi) is 3.79. The molecule has 2 rings (SSSR count). The lowest BCUT2D eigenvalue weighted by atomic mass is 10.00. The van der Waals surface area contributed by atoms with Crippen LogP contribution in [0, 0.1) is 5.41 Å².